The smallest absolute Gasteiger partial charge is 0.431 e. The van der Waals surface area contributed by atoms with Crippen molar-refractivity contribution in [3.05, 3.63) is 96.6 Å². The van der Waals surface area contributed by atoms with Crippen molar-refractivity contribution < 1.29 is 74.4 Å². The normalized spacial score (nSPS) is 11.1. The molecule has 78 heavy (non-hydrogen) atoms. The van der Waals surface area contributed by atoms with Crippen molar-refractivity contribution >= 4 is 82.5 Å². The third-order valence-corrected chi connectivity index (χ3v) is 11.0. The molecule has 0 aliphatic rings. The minimum atomic E-state index is -4.86. The molecule has 0 fully saturated rings. The second-order valence-corrected chi connectivity index (χ2v) is 19.8. The zero-order chi connectivity index (χ0) is 59.5. The van der Waals surface area contributed by atoms with Gasteiger partial charge in [0.05, 0.1) is 61.1 Å². The number of anilines is 3. The summed E-state index contributed by atoms with van der Waals surface area (Å²) in [4.78, 5) is 112. The van der Waals surface area contributed by atoms with E-state index in [9.17, 15) is 54.9 Å². The monoisotopic (exact) mass is 1180 g/mol. The number of halogens is 5. The fraction of sp³-hybridized carbons (Fsp3) is 0.381. The number of urea groups is 1. The SMILES string of the molecule is CC(C)OC(=O)c1cc(-n2c(=O)cc(C(F)(F)F)n(C)c2=O)ccc1Cl.CCNc1nc(Cl)nc(NC(C)C)n1.COc1cc(OC)nc(NC(=O)NS(=O)(=O)c2ncccc2C(=O)N(C)C)n1.O=C(O)CNCP(=O)(O)O. The number of hydrogen-bond donors (Lipinski definition) is 8. The second-order valence-electron chi connectivity index (χ2n) is 15.8. The number of amides is 3. The summed E-state index contributed by atoms with van der Waals surface area (Å²) in [7, 11) is -2.05. The first-order chi connectivity index (χ1) is 36.1. The Bertz CT molecular complexity index is 3180. The Balaban J connectivity index is 0.000000382. The number of alkyl halides is 3. The number of hydrogen-bond acceptors (Lipinski definition) is 21. The van der Waals surface area contributed by atoms with Crippen molar-refractivity contribution in [2.24, 2.45) is 7.05 Å². The number of carbonyl (C=O) groups excluding carboxylic acids is 3. The number of carboxylic acids is 1. The Kier molecular flexibility index (Phi) is 25.5. The van der Waals surface area contributed by atoms with Gasteiger partial charge in [-0.2, -0.15) is 46.5 Å². The van der Waals surface area contributed by atoms with Crippen molar-refractivity contribution in [3.63, 3.8) is 0 Å². The number of rotatable bonds is 17. The summed E-state index contributed by atoms with van der Waals surface area (Å²) in [6.07, 6.45) is -4.71. The minimum Gasteiger partial charge on any atom is -0.481 e. The van der Waals surface area contributed by atoms with Gasteiger partial charge in [0.1, 0.15) is 5.69 Å². The predicted molar refractivity (Wildman–Crippen MR) is 275 cm³/mol. The van der Waals surface area contributed by atoms with Gasteiger partial charge in [0.15, 0.2) is 5.03 Å². The van der Waals surface area contributed by atoms with Gasteiger partial charge >= 0.3 is 37.4 Å². The maximum Gasteiger partial charge on any atom is 0.431 e. The Morgan fingerprint density at radius 3 is 2.00 bits per heavy atom. The average Bonchev–Trinajstić information content (AvgIpc) is 3.31. The fourth-order valence-electron chi connectivity index (χ4n) is 5.42. The number of sulfonamides is 1. The molecule has 0 aliphatic carbocycles. The third-order valence-electron chi connectivity index (χ3n) is 8.55. The first-order valence-corrected chi connectivity index (χ1v) is 26.0. The number of esters is 1. The highest BCUT2D eigenvalue weighted by Gasteiger charge is 2.35. The molecule has 0 saturated heterocycles. The van der Waals surface area contributed by atoms with Gasteiger partial charge in [-0.3, -0.25) is 34.1 Å². The van der Waals surface area contributed by atoms with Crippen molar-refractivity contribution in [2.75, 3.05) is 63.6 Å². The van der Waals surface area contributed by atoms with Gasteiger partial charge < -0.3 is 44.6 Å². The van der Waals surface area contributed by atoms with E-state index in [1.807, 2.05) is 20.8 Å². The lowest BCUT2D eigenvalue weighted by molar-refractivity contribution is -0.144. The summed E-state index contributed by atoms with van der Waals surface area (Å²) < 4.78 is 91.3. The molecule has 8 N–H and O–H groups in total. The van der Waals surface area contributed by atoms with Crippen LogP contribution in [0.25, 0.3) is 5.69 Å². The fourth-order valence-corrected chi connectivity index (χ4v) is 7.21. The van der Waals surface area contributed by atoms with E-state index in [1.165, 1.54) is 69.7 Å². The van der Waals surface area contributed by atoms with E-state index >= 15 is 0 Å². The Morgan fingerprint density at radius 1 is 0.885 bits per heavy atom. The Morgan fingerprint density at radius 2 is 1.49 bits per heavy atom. The van der Waals surface area contributed by atoms with Gasteiger partial charge in [-0.1, -0.05) is 11.6 Å². The summed E-state index contributed by atoms with van der Waals surface area (Å²) >= 11 is 11.7. The highest BCUT2D eigenvalue weighted by atomic mass is 35.5. The zero-order valence-electron chi connectivity index (χ0n) is 42.9. The van der Waals surface area contributed by atoms with Crippen LogP contribution >= 0.6 is 30.8 Å². The van der Waals surface area contributed by atoms with E-state index in [0.29, 0.717) is 27.1 Å². The molecule has 0 bridgehead atoms. The van der Waals surface area contributed by atoms with Crippen LogP contribution in [0.3, 0.4) is 0 Å². The van der Waals surface area contributed by atoms with Crippen LogP contribution in [-0.2, 0) is 37.3 Å². The second kappa shape index (κ2) is 29.8. The number of nitrogens with one attached hydrogen (secondary N) is 5. The van der Waals surface area contributed by atoms with Gasteiger partial charge in [-0.15, -0.1) is 0 Å². The zero-order valence-corrected chi connectivity index (χ0v) is 46.1. The molecule has 4 heterocycles. The van der Waals surface area contributed by atoms with Gasteiger partial charge in [-0.05, 0) is 76.6 Å². The van der Waals surface area contributed by atoms with Gasteiger partial charge in [0, 0.05) is 46.0 Å². The summed E-state index contributed by atoms with van der Waals surface area (Å²) in [5.74, 6) is -1.60. The molecule has 428 valence electrons. The van der Waals surface area contributed by atoms with E-state index in [0.717, 1.165) is 19.7 Å². The number of pyridine rings is 1. The number of benzene rings is 1. The molecule has 5 rings (SSSR count). The molecule has 29 nitrogen and oxygen atoms in total. The Hall–Kier alpha value is -7.55. The van der Waals surface area contributed by atoms with Gasteiger partial charge in [0.2, 0.25) is 34.9 Å². The Labute approximate surface area is 452 Å². The number of carbonyl (C=O) groups is 4. The van der Waals surface area contributed by atoms with Crippen molar-refractivity contribution in [1.29, 1.82) is 0 Å². The van der Waals surface area contributed by atoms with E-state index in [2.05, 4.69) is 51.2 Å². The standard InChI is InChI=1S/C16H14ClF3N2O4.C15H18N6O6S.C8H14ClN5.C3H8NO5P/c1-8(2)26-14(24)10-6-9(4-5-11(10)17)22-13(23)7-12(16(18,19)20)21(3)15(22)25;1-21(2)13(22)9-6-5-7-16-12(9)28(24,25)20-15(23)19-14-17-10(26-3)8-11(18-14)27-4;1-4-10-7-12-6(9)13-8(14-7)11-5(2)3;5-3(6)1-4-2-10(7,8)9/h4-8H,1-3H3;5-8H,1-4H3,(H2,17,18,19,20,23);5H,4H2,1-3H3,(H2,10,11,12,13,14);4H,1-2H2,(H,5,6)(H2,7,8,9). The number of aliphatic carboxylic acids is 1. The minimum absolute atomic E-state index is 0.0104. The van der Waals surface area contributed by atoms with Crippen molar-refractivity contribution in [3.8, 4) is 17.4 Å². The highest BCUT2D eigenvalue weighted by molar-refractivity contribution is 7.90. The number of ether oxygens (including phenoxy) is 3. The lowest BCUT2D eigenvalue weighted by atomic mass is 10.2. The maximum absolute atomic E-state index is 12.9. The average molecular weight is 1190 g/mol. The number of nitrogens with zero attached hydrogens (tertiary/aromatic N) is 9. The molecular weight excluding hydrogens is 1130 g/mol. The van der Waals surface area contributed by atoms with Crippen LogP contribution in [0.5, 0.6) is 11.8 Å². The number of aromatic nitrogens is 8. The van der Waals surface area contributed by atoms with Crippen LogP contribution in [0, 0.1) is 0 Å². The predicted octanol–water partition coefficient (Wildman–Crippen LogP) is 3.45. The van der Waals surface area contributed by atoms with Gasteiger partial charge in [-0.25, -0.2) is 28.7 Å². The first kappa shape index (κ1) is 66.6. The molecule has 0 radical (unpaired) electrons. The van der Waals surface area contributed by atoms with Crippen molar-refractivity contribution in [1.82, 2.24) is 54.0 Å². The molecule has 4 aromatic heterocycles. The topological polar surface area (TPSA) is 393 Å². The molecule has 0 atom stereocenters. The summed E-state index contributed by atoms with van der Waals surface area (Å²) in [6.45, 7) is 9.52. The van der Waals surface area contributed by atoms with Crippen LogP contribution < -0.4 is 46.7 Å². The van der Waals surface area contributed by atoms with E-state index in [4.69, 9.17) is 52.3 Å². The van der Waals surface area contributed by atoms with E-state index < -0.39 is 88.6 Å². The quantitative estimate of drug-likeness (QED) is 0.0488. The lowest BCUT2D eigenvalue weighted by Crippen LogP contribution is -2.40. The summed E-state index contributed by atoms with van der Waals surface area (Å²) in [5, 5.41) is 17.9. The molecule has 0 spiro atoms. The molecule has 3 amide bonds. The molecule has 0 unspecified atom stereocenters. The largest absolute Gasteiger partial charge is 0.481 e. The van der Waals surface area contributed by atoms with Crippen LogP contribution in [0.1, 0.15) is 61.0 Å². The third kappa shape index (κ3) is 21.8. The van der Waals surface area contributed by atoms with E-state index in [-0.39, 0.29) is 50.9 Å². The highest BCUT2D eigenvalue weighted by Crippen LogP contribution is 2.32. The first-order valence-electron chi connectivity index (χ1n) is 21.9. The lowest BCUT2D eigenvalue weighted by Gasteiger charge is -2.15. The molecule has 1 aromatic carbocycles. The number of carboxylic acid groups (broad SMARTS) is 1. The molecule has 5 aromatic rings. The van der Waals surface area contributed by atoms with Gasteiger partial charge in [0.25, 0.3) is 21.5 Å². The molecular formula is C42H54Cl2F3N14O15PS. The van der Waals surface area contributed by atoms with Crippen LogP contribution in [0.15, 0.2) is 63.3 Å². The number of methoxy groups -OCH3 is 2. The van der Waals surface area contributed by atoms with Crippen LogP contribution in [0.4, 0.5) is 35.8 Å². The molecule has 0 aliphatic heterocycles. The summed E-state index contributed by atoms with van der Waals surface area (Å²) in [5.41, 5.74) is -4.19. The maximum atomic E-state index is 12.9. The van der Waals surface area contributed by atoms with Crippen LogP contribution in [-0.4, -0.2) is 151 Å². The summed E-state index contributed by atoms with van der Waals surface area (Å²) in [6, 6.07) is 7.08. The molecule has 36 heteroatoms. The van der Waals surface area contributed by atoms with E-state index in [1.54, 1.807) is 18.6 Å². The molecule has 0 saturated carbocycles. The van der Waals surface area contributed by atoms with Crippen LogP contribution in [0.2, 0.25) is 10.3 Å². The van der Waals surface area contributed by atoms with Crippen molar-refractivity contribution in [2.45, 2.75) is 58.0 Å².